The summed E-state index contributed by atoms with van der Waals surface area (Å²) < 4.78 is 0. The Bertz CT molecular complexity index is 668. The smallest absolute Gasteiger partial charge is 0.321 e. The first-order chi connectivity index (χ1) is 11.6. The van der Waals surface area contributed by atoms with Gasteiger partial charge in [-0.05, 0) is 49.3 Å². The maximum Gasteiger partial charge on any atom is 0.321 e. The van der Waals surface area contributed by atoms with Crippen molar-refractivity contribution >= 4 is 30.0 Å². The highest BCUT2D eigenvalue weighted by Crippen LogP contribution is 2.37. The number of anilines is 1. The lowest BCUT2D eigenvalue weighted by Gasteiger charge is -2.28. The minimum atomic E-state index is -0.0903. The molecule has 0 radical (unpaired) electrons. The van der Waals surface area contributed by atoms with Crippen LogP contribution in [0, 0.1) is 11.8 Å². The summed E-state index contributed by atoms with van der Waals surface area (Å²) in [5.74, 6) is 1.06. The van der Waals surface area contributed by atoms with Gasteiger partial charge in [0.1, 0.15) is 0 Å². The number of nitrogens with one attached hydrogen (secondary N) is 1. The van der Waals surface area contributed by atoms with Crippen molar-refractivity contribution in [3.05, 3.63) is 29.8 Å². The highest BCUT2D eigenvalue weighted by Gasteiger charge is 2.42. The number of halogens is 1. The Morgan fingerprint density at radius 1 is 1.24 bits per heavy atom. The summed E-state index contributed by atoms with van der Waals surface area (Å²) in [5.41, 5.74) is 7.61. The van der Waals surface area contributed by atoms with E-state index in [1.165, 1.54) is 0 Å². The highest BCUT2D eigenvalue weighted by molar-refractivity contribution is 5.98. The summed E-state index contributed by atoms with van der Waals surface area (Å²) in [7, 11) is 0. The van der Waals surface area contributed by atoms with Gasteiger partial charge < -0.3 is 16.0 Å². The zero-order valence-corrected chi connectivity index (χ0v) is 15.0. The molecule has 4 rings (SSSR count). The molecule has 3 N–H and O–H groups in total. The molecule has 3 atom stereocenters. The second kappa shape index (κ2) is 7.22. The van der Waals surface area contributed by atoms with Gasteiger partial charge in [-0.1, -0.05) is 6.07 Å². The molecule has 3 unspecified atom stereocenters. The van der Waals surface area contributed by atoms with Crippen LogP contribution in [0.3, 0.4) is 0 Å². The van der Waals surface area contributed by atoms with Gasteiger partial charge in [-0.25, -0.2) is 4.79 Å². The van der Waals surface area contributed by atoms with Gasteiger partial charge in [-0.15, -0.1) is 12.4 Å². The number of urea groups is 1. The number of hydrogen-bond donors (Lipinski definition) is 2. The number of nitrogens with zero attached hydrogens (tertiary/aromatic N) is 2. The van der Waals surface area contributed by atoms with Gasteiger partial charge in [0.25, 0.3) is 5.91 Å². The minimum Gasteiger partial charge on any atom is -0.338 e. The molecule has 0 aromatic heterocycles. The van der Waals surface area contributed by atoms with Crippen LogP contribution in [0.2, 0.25) is 0 Å². The molecule has 0 spiro atoms. The van der Waals surface area contributed by atoms with E-state index in [2.05, 4.69) is 5.32 Å². The van der Waals surface area contributed by atoms with E-state index in [9.17, 15) is 9.59 Å². The molecule has 0 bridgehead atoms. The molecule has 2 heterocycles. The average Bonchev–Trinajstić information content (AvgIpc) is 3.17. The van der Waals surface area contributed by atoms with Gasteiger partial charge in [-0.2, -0.15) is 0 Å². The summed E-state index contributed by atoms with van der Waals surface area (Å²) in [4.78, 5) is 28.5. The quantitative estimate of drug-likeness (QED) is 0.840. The van der Waals surface area contributed by atoms with Crippen LogP contribution in [-0.2, 0) is 0 Å². The van der Waals surface area contributed by atoms with Crippen molar-refractivity contribution in [1.29, 1.82) is 0 Å². The maximum absolute atomic E-state index is 12.9. The number of hydrogen-bond acceptors (Lipinski definition) is 3. The van der Waals surface area contributed by atoms with E-state index in [1.807, 2.05) is 29.2 Å². The van der Waals surface area contributed by atoms with Gasteiger partial charge in [0, 0.05) is 43.5 Å². The Morgan fingerprint density at radius 3 is 2.84 bits per heavy atom. The zero-order chi connectivity index (χ0) is 16.7. The molecule has 2 aliphatic heterocycles. The zero-order valence-electron chi connectivity index (χ0n) is 14.2. The second-order valence-electron chi connectivity index (χ2n) is 7.16. The number of amides is 3. The van der Waals surface area contributed by atoms with Crippen LogP contribution in [0.4, 0.5) is 10.5 Å². The SMILES string of the molecule is Cl.NC1CCC2CN(C(=O)c3cccc(N4CCCNC4=O)c3)CC12. The first-order valence-electron chi connectivity index (χ1n) is 8.84. The number of benzene rings is 1. The van der Waals surface area contributed by atoms with E-state index in [0.29, 0.717) is 30.5 Å². The molecule has 1 aliphatic carbocycles. The molecule has 25 heavy (non-hydrogen) atoms. The van der Waals surface area contributed by atoms with Gasteiger partial charge >= 0.3 is 6.03 Å². The van der Waals surface area contributed by atoms with Crippen LogP contribution in [0.1, 0.15) is 29.6 Å². The fourth-order valence-electron chi connectivity index (χ4n) is 4.34. The molecule has 3 aliphatic rings. The van der Waals surface area contributed by atoms with Crippen LogP contribution in [-0.4, -0.2) is 49.1 Å². The van der Waals surface area contributed by atoms with E-state index in [1.54, 1.807) is 4.90 Å². The predicted molar refractivity (Wildman–Crippen MR) is 99.1 cm³/mol. The number of carbonyl (C=O) groups excluding carboxylic acids is 2. The Hall–Kier alpha value is -1.79. The standard InChI is InChI=1S/C18H24N4O2.ClH/c19-16-6-5-13-10-21(11-15(13)16)17(23)12-3-1-4-14(9-12)22-8-2-7-20-18(22)24;/h1,3-4,9,13,15-16H,2,5-8,10-11,19H2,(H,20,24);1H. The first kappa shape index (κ1) is 18.0. The van der Waals surface area contributed by atoms with Crippen molar-refractivity contribution in [3.8, 4) is 0 Å². The Kier molecular flexibility index (Phi) is 5.20. The van der Waals surface area contributed by atoms with Crippen LogP contribution >= 0.6 is 12.4 Å². The third-order valence-electron chi connectivity index (χ3n) is 5.68. The van der Waals surface area contributed by atoms with Crippen LogP contribution in [0.5, 0.6) is 0 Å². The summed E-state index contributed by atoms with van der Waals surface area (Å²) in [5, 5.41) is 2.84. The van der Waals surface area contributed by atoms with Crippen LogP contribution in [0.25, 0.3) is 0 Å². The monoisotopic (exact) mass is 364 g/mol. The topological polar surface area (TPSA) is 78.7 Å². The lowest BCUT2D eigenvalue weighted by Crippen LogP contribution is -2.46. The third kappa shape index (κ3) is 3.33. The lowest BCUT2D eigenvalue weighted by atomic mass is 9.98. The summed E-state index contributed by atoms with van der Waals surface area (Å²) in [6.45, 7) is 2.97. The van der Waals surface area contributed by atoms with Crippen LogP contribution in [0.15, 0.2) is 24.3 Å². The maximum atomic E-state index is 12.9. The number of fused-ring (bicyclic) bond motifs is 1. The van der Waals surface area contributed by atoms with Crippen molar-refractivity contribution in [2.45, 2.75) is 25.3 Å². The molecule has 1 aromatic rings. The van der Waals surface area contributed by atoms with Crippen molar-refractivity contribution < 1.29 is 9.59 Å². The minimum absolute atomic E-state index is 0. The summed E-state index contributed by atoms with van der Waals surface area (Å²) in [6.07, 6.45) is 3.12. The molecule has 7 heteroatoms. The predicted octanol–water partition coefficient (Wildman–Crippen LogP) is 1.84. The molecular formula is C18H25ClN4O2. The van der Waals surface area contributed by atoms with E-state index in [0.717, 1.165) is 38.0 Å². The molecule has 1 saturated carbocycles. The van der Waals surface area contributed by atoms with E-state index in [4.69, 9.17) is 5.73 Å². The highest BCUT2D eigenvalue weighted by atomic mass is 35.5. The second-order valence-corrected chi connectivity index (χ2v) is 7.16. The fourth-order valence-corrected chi connectivity index (χ4v) is 4.34. The van der Waals surface area contributed by atoms with E-state index in [-0.39, 0.29) is 30.4 Å². The van der Waals surface area contributed by atoms with Gasteiger partial charge in [0.15, 0.2) is 0 Å². The number of nitrogens with two attached hydrogens (primary N) is 1. The van der Waals surface area contributed by atoms with Crippen molar-refractivity contribution in [1.82, 2.24) is 10.2 Å². The lowest BCUT2D eigenvalue weighted by molar-refractivity contribution is 0.0779. The van der Waals surface area contributed by atoms with Gasteiger partial charge in [-0.3, -0.25) is 9.69 Å². The Balaban J connectivity index is 0.00000182. The number of rotatable bonds is 2. The van der Waals surface area contributed by atoms with Crippen molar-refractivity contribution in [2.75, 3.05) is 31.1 Å². The molecule has 1 aromatic carbocycles. The normalized spacial score (nSPS) is 28.4. The van der Waals surface area contributed by atoms with Crippen molar-refractivity contribution in [3.63, 3.8) is 0 Å². The molecule has 2 saturated heterocycles. The summed E-state index contributed by atoms with van der Waals surface area (Å²) in [6, 6.07) is 7.55. The number of carbonyl (C=O) groups is 2. The Labute approximate surface area is 154 Å². The number of likely N-dealkylation sites (tertiary alicyclic amines) is 1. The third-order valence-corrected chi connectivity index (χ3v) is 5.68. The van der Waals surface area contributed by atoms with Gasteiger partial charge in [0.05, 0.1) is 0 Å². The molecule has 6 nitrogen and oxygen atoms in total. The van der Waals surface area contributed by atoms with E-state index < -0.39 is 0 Å². The van der Waals surface area contributed by atoms with Crippen LogP contribution < -0.4 is 16.0 Å². The molecular weight excluding hydrogens is 340 g/mol. The summed E-state index contributed by atoms with van der Waals surface area (Å²) >= 11 is 0. The molecule has 3 amide bonds. The fraction of sp³-hybridized carbons (Fsp3) is 0.556. The molecule has 3 fully saturated rings. The first-order valence-corrected chi connectivity index (χ1v) is 8.84. The van der Waals surface area contributed by atoms with Gasteiger partial charge in [0.2, 0.25) is 0 Å². The van der Waals surface area contributed by atoms with Crippen molar-refractivity contribution in [2.24, 2.45) is 17.6 Å². The average molecular weight is 365 g/mol. The molecule has 136 valence electrons. The Morgan fingerprint density at radius 2 is 2.08 bits per heavy atom. The van der Waals surface area contributed by atoms with E-state index >= 15 is 0 Å². The largest absolute Gasteiger partial charge is 0.338 e.